The Hall–Kier alpha value is -2.76. The Bertz CT molecular complexity index is 1150. The summed E-state index contributed by atoms with van der Waals surface area (Å²) in [5.74, 6) is 0.253. The Labute approximate surface area is 170 Å². The Morgan fingerprint density at radius 2 is 2.17 bits per heavy atom. The molecule has 0 spiro atoms. The molecule has 0 saturated carbocycles. The number of sulfonamides is 1. The number of aromatic amines is 1. The number of amides is 1. The average Bonchev–Trinajstić information content (AvgIpc) is 3.48. The number of carbonyl (C=O) groups excluding carboxylic acids is 1. The number of nitrogens with zero attached hydrogens (tertiary/aromatic N) is 2. The number of aromatic nitrogens is 2. The fourth-order valence-electron chi connectivity index (χ4n) is 3.19. The van der Waals surface area contributed by atoms with Crippen LogP contribution in [0.3, 0.4) is 0 Å². The summed E-state index contributed by atoms with van der Waals surface area (Å²) >= 11 is 1.05. The molecule has 0 aliphatic carbocycles. The number of thiophene rings is 1. The molecule has 2 N–H and O–H groups in total. The van der Waals surface area contributed by atoms with Crippen LogP contribution in [0.1, 0.15) is 18.6 Å². The molecular weight excluding hydrogens is 416 g/mol. The van der Waals surface area contributed by atoms with Gasteiger partial charge in [-0.15, -0.1) is 11.3 Å². The van der Waals surface area contributed by atoms with Crippen molar-refractivity contribution in [2.45, 2.75) is 29.6 Å². The third-order valence-corrected chi connectivity index (χ3v) is 8.08. The highest BCUT2D eigenvalue weighted by atomic mass is 32.2. The molecule has 3 aromatic rings. The van der Waals surface area contributed by atoms with Crippen molar-refractivity contribution < 1.29 is 17.6 Å². The maximum atomic E-state index is 13.1. The first-order chi connectivity index (χ1) is 13.9. The van der Waals surface area contributed by atoms with Crippen LogP contribution in [-0.4, -0.2) is 41.4 Å². The van der Waals surface area contributed by atoms with Crippen molar-refractivity contribution in [1.82, 2.24) is 19.8 Å². The van der Waals surface area contributed by atoms with Crippen molar-refractivity contribution in [3.05, 3.63) is 58.8 Å². The van der Waals surface area contributed by atoms with Crippen LogP contribution in [0.2, 0.25) is 0 Å². The van der Waals surface area contributed by atoms with E-state index >= 15 is 0 Å². The second-order valence-corrected chi connectivity index (χ2v) is 9.70. The minimum Gasteiger partial charge on any atom is -0.467 e. The monoisotopic (exact) mass is 434 g/mol. The van der Waals surface area contributed by atoms with E-state index < -0.39 is 16.1 Å². The topological polar surface area (TPSA) is 125 Å². The first-order valence-corrected chi connectivity index (χ1v) is 11.2. The fourth-order valence-corrected chi connectivity index (χ4v) is 6.25. The highest BCUT2D eigenvalue weighted by molar-refractivity contribution is 7.91. The first kappa shape index (κ1) is 19.6. The summed E-state index contributed by atoms with van der Waals surface area (Å²) in [6.45, 7) is 0.489. The van der Waals surface area contributed by atoms with Gasteiger partial charge in [0.05, 0.1) is 17.7 Å². The lowest BCUT2D eigenvalue weighted by molar-refractivity contribution is -0.124. The number of rotatable bonds is 6. The molecule has 152 valence electrons. The van der Waals surface area contributed by atoms with Gasteiger partial charge in [0.1, 0.15) is 21.7 Å². The Kier molecular flexibility index (Phi) is 5.35. The van der Waals surface area contributed by atoms with Crippen LogP contribution in [0, 0.1) is 0 Å². The smallest absolute Gasteiger partial charge is 0.264 e. The lowest BCUT2D eigenvalue weighted by atomic mass is 10.2. The van der Waals surface area contributed by atoms with Gasteiger partial charge >= 0.3 is 0 Å². The molecule has 1 aliphatic heterocycles. The van der Waals surface area contributed by atoms with Gasteiger partial charge in [0.25, 0.3) is 15.6 Å². The zero-order valence-electron chi connectivity index (χ0n) is 15.2. The van der Waals surface area contributed by atoms with Gasteiger partial charge < -0.3 is 9.73 Å². The minimum atomic E-state index is -3.83. The van der Waals surface area contributed by atoms with Crippen LogP contribution >= 0.6 is 11.3 Å². The maximum Gasteiger partial charge on any atom is 0.264 e. The van der Waals surface area contributed by atoms with E-state index in [0.29, 0.717) is 29.2 Å². The molecule has 9 nitrogen and oxygen atoms in total. The number of H-pyrrole nitrogens is 1. The molecule has 1 atom stereocenters. The van der Waals surface area contributed by atoms with Gasteiger partial charge in [-0.05, 0) is 43.2 Å². The number of nitrogens with one attached hydrogen (secondary N) is 2. The molecule has 11 heteroatoms. The van der Waals surface area contributed by atoms with E-state index in [-0.39, 0.29) is 28.8 Å². The zero-order chi connectivity index (χ0) is 20.4. The molecule has 0 unspecified atom stereocenters. The molecule has 0 aromatic carbocycles. The number of hydrogen-bond donors (Lipinski definition) is 2. The molecule has 1 amide bonds. The maximum absolute atomic E-state index is 13.1. The molecule has 1 fully saturated rings. The fraction of sp³-hybridized carbons (Fsp3) is 0.278. The molecule has 1 saturated heterocycles. The summed E-state index contributed by atoms with van der Waals surface area (Å²) in [6, 6.07) is 8.70. The normalized spacial score (nSPS) is 17.4. The van der Waals surface area contributed by atoms with Crippen LogP contribution in [0.4, 0.5) is 0 Å². The van der Waals surface area contributed by atoms with Gasteiger partial charge in [-0.3, -0.25) is 9.59 Å². The molecular formula is C18H18N4O5S2. The summed E-state index contributed by atoms with van der Waals surface area (Å²) in [5, 5.41) is 8.99. The molecule has 4 rings (SSSR count). The van der Waals surface area contributed by atoms with Crippen LogP contribution in [0.5, 0.6) is 0 Å². The zero-order valence-corrected chi connectivity index (χ0v) is 16.8. The van der Waals surface area contributed by atoms with E-state index in [1.165, 1.54) is 28.8 Å². The molecule has 0 radical (unpaired) electrons. The van der Waals surface area contributed by atoms with Crippen LogP contribution in [-0.2, 0) is 21.4 Å². The lowest BCUT2D eigenvalue weighted by Crippen LogP contribution is -2.45. The van der Waals surface area contributed by atoms with Gasteiger partial charge in [0.15, 0.2) is 0 Å². The average molecular weight is 434 g/mol. The molecule has 0 bridgehead atoms. The van der Waals surface area contributed by atoms with Gasteiger partial charge in [-0.1, -0.05) is 0 Å². The van der Waals surface area contributed by atoms with Crippen molar-refractivity contribution in [3.8, 4) is 10.6 Å². The SMILES string of the molecule is O=C(NCc1ccco1)[C@H]1CCCN1S(=O)(=O)c1ccc(-c2ccc(=O)[nH]n2)s1. The van der Waals surface area contributed by atoms with Crippen LogP contribution in [0.15, 0.2) is 56.1 Å². The van der Waals surface area contributed by atoms with E-state index in [2.05, 4.69) is 15.5 Å². The van der Waals surface area contributed by atoms with E-state index in [4.69, 9.17) is 4.42 Å². The highest BCUT2D eigenvalue weighted by Crippen LogP contribution is 2.33. The third kappa shape index (κ3) is 4.02. The Morgan fingerprint density at radius 3 is 2.90 bits per heavy atom. The third-order valence-electron chi connectivity index (χ3n) is 4.60. The quantitative estimate of drug-likeness (QED) is 0.606. The minimum absolute atomic E-state index is 0.131. The summed E-state index contributed by atoms with van der Waals surface area (Å²) in [4.78, 5) is 24.4. The molecule has 29 heavy (non-hydrogen) atoms. The van der Waals surface area contributed by atoms with Gasteiger partial charge in [0.2, 0.25) is 5.91 Å². The summed E-state index contributed by atoms with van der Waals surface area (Å²) in [7, 11) is -3.83. The van der Waals surface area contributed by atoms with Crippen molar-refractivity contribution in [1.29, 1.82) is 0 Å². The number of hydrogen-bond acceptors (Lipinski definition) is 7. The molecule has 3 aromatic heterocycles. The molecule has 1 aliphatic rings. The van der Waals surface area contributed by atoms with Crippen LogP contribution < -0.4 is 10.9 Å². The van der Waals surface area contributed by atoms with Gasteiger partial charge in [-0.25, -0.2) is 13.5 Å². The van der Waals surface area contributed by atoms with Crippen molar-refractivity contribution in [2.75, 3.05) is 6.54 Å². The number of furan rings is 1. The second kappa shape index (κ2) is 7.93. The highest BCUT2D eigenvalue weighted by Gasteiger charge is 2.40. The summed E-state index contributed by atoms with van der Waals surface area (Å²) in [6.07, 6.45) is 2.58. The Morgan fingerprint density at radius 1 is 1.31 bits per heavy atom. The Balaban J connectivity index is 1.52. The van der Waals surface area contributed by atoms with Crippen LogP contribution in [0.25, 0.3) is 10.6 Å². The van der Waals surface area contributed by atoms with E-state index in [9.17, 15) is 18.0 Å². The van der Waals surface area contributed by atoms with Crippen molar-refractivity contribution in [2.24, 2.45) is 0 Å². The lowest BCUT2D eigenvalue weighted by Gasteiger charge is -2.22. The van der Waals surface area contributed by atoms with E-state index in [1.54, 1.807) is 18.2 Å². The summed E-state index contributed by atoms with van der Waals surface area (Å²) in [5.41, 5.74) is 0.142. The first-order valence-electron chi connectivity index (χ1n) is 8.93. The van der Waals surface area contributed by atoms with Gasteiger partial charge in [0, 0.05) is 12.6 Å². The van der Waals surface area contributed by atoms with E-state index in [1.807, 2.05) is 0 Å². The van der Waals surface area contributed by atoms with Crippen molar-refractivity contribution in [3.63, 3.8) is 0 Å². The van der Waals surface area contributed by atoms with Crippen molar-refractivity contribution >= 4 is 27.3 Å². The molecule has 4 heterocycles. The predicted molar refractivity (Wildman–Crippen MR) is 106 cm³/mol. The standard InChI is InChI=1S/C18H18N4O5S2/c23-16-7-5-13(20-21-16)15-6-8-17(28-15)29(25,26)22-9-1-4-14(22)18(24)19-11-12-3-2-10-27-12/h2-3,5-8,10,14H,1,4,9,11H2,(H,19,24)(H,21,23)/t14-/m1/s1. The van der Waals surface area contributed by atoms with E-state index in [0.717, 1.165) is 11.3 Å². The van der Waals surface area contributed by atoms with Gasteiger partial charge in [-0.2, -0.15) is 9.40 Å². The second-order valence-electron chi connectivity index (χ2n) is 6.50. The largest absolute Gasteiger partial charge is 0.467 e. The predicted octanol–water partition coefficient (Wildman–Crippen LogP) is 1.56. The summed E-state index contributed by atoms with van der Waals surface area (Å²) < 4.78 is 32.9. The number of carbonyl (C=O) groups is 1.